The van der Waals surface area contributed by atoms with E-state index in [0.717, 1.165) is 10.9 Å². The molecule has 8 heterocycles. The zero-order valence-electron chi connectivity index (χ0n) is 25.0. The lowest BCUT2D eigenvalue weighted by Crippen LogP contribution is -2.41. The number of anilines is 1. The summed E-state index contributed by atoms with van der Waals surface area (Å²) < 4.78 is 108. The fourth-order valence-corrected chi connectivity index (χ4v) is 7.95. The number of nitrogens with two attached hydrogens (primary N) is 1. The number of ether oxygens (including phenoxy) is 3. The summed E-state index contributed by atoms with van der Waals surface area (Å²) in [6.45, 7) is -2.19. The van der Waals surface area contributed by atoms with E-state index in [1.807, 2.05) is 0 Å². The Morgan fingerprint density at radius 1 is 0.882 bits per heavy atom. The van der Waals surface area contributed by atoms with E-state index in [-0.39, 0.29) is 22.3 Å². The van der Waals surface area contributed by atoms with Gasteiger partial charge in [0.1, 0.15) is 43.0 Å². The van der Waals surface area contributed by atoms with Gasteiger partial charge in [0.2, 0.25) is 5.95 Å². The molecule has 3 aliphatic heterocycles. The average molecular weight is 766 g/mol. The Kier molecular flexibility index (Phi) is 8.10. The van der Waals surface area contributed by atoms with Gasteiger partial charge >= 0.3 is 22.0 Å². The van der Waals surface area contributed by atoms with Gasteiger partial charge in [-0.2, -0.15) is 4.98 Å². The van der Waals surface area contributed by atoms with Crippen molar-refractivity contribution in [3.63, 3.8) is 0 Å². The number of phosphoric ester groups is 2. The van der Waals surface area contributed by atoms with E-state index >= 15 is 0 Å². The third kappa shape index (κ3) is 6.21. The van der Waals surface area contributed by atoms with Crippen LogP contribution in [0.5, 0.6) is 0 Å². The predicted molar refractivity (Wildman–Crippen MR) is 155 cm³/mol. The summed E-state index contributed by atoms with van der Waals surface area (Å²) in [5.74, 6) is -0.426. The Morgan fingerprint density at radius 3 is 2.25 bits per heavy atom. The highest BCUT2D eigenvalue weighted by atomic mass is 31.2. The summed E-state index contributed by atoms with van der Waals surface area (Å²) in [6, 6.07) is 0. The summed E-state index contributed by atoms with van der Waals surface area (Å²) >= 11 is 0. The number of aromatic nitrogens is 9. The van der Waals surface area contributed by atoms with Crippen LogP contribution >= 0.6 is 15.6 Å². The van der Waals surface area contributed by atoms with Gasteiger partial charge in [-0.1, -0.05) is 0 Å². The molecule has 28 heteroatoms. The smallest absolute Gasteiger partial charge is 0.386 e. The van der Waals surface area contributed by atoms with Crippen molar-refractivity contribution in [2.24, 2.45) is 0 Å². The molecular formula is C23H23F3N10O13P2. The van der Waals surface area contributed by atoms with Gasteiger partial charge in [-0.3, -0.25) is 46.1 Å². The maximum Gasteiger partial charge on any atom is 0.522 e. The van der Waals surface area contributed by atoms with Gasteiger partial charge in [0.05, 0.1) is 25.9 Å². The second kappa shape index (κ2) is 12.1. The highest BCUT2D eigenvalue weighted by Gasteiger charge is 2.57. The van der Waals surface area contributed by atoms with Gasteiger partial charge in [-0.15, -0.1) is 13.2 Å². The molecule has 2 bridgehead atoms. The van der Waals surface area contributed by atoms with Crippen molar-refractivity contribution in [2.45, 2.75) is 55.4 Å². The number of imidazole rings is 3. The average Bonchev–Trinajstić information content (AvgIpc) is 3.86. The lowest BCUT2D eigenvalue weighted by molar-refractivity contribution is -0.352. The van der Waals surface area contributed by atoms with E-state index < -0.39 is 95.8 Å². The number of halogens is 3. The second-order valence-electron chi connectivity index (χ2n) is 11.3. The number of phosphoric acid groups is 2. The van der Waals surface area contributed by atoms with Crippen molar-refractivity contribution in [1.29, 1.82) is 0 Å². The minimum absolute atomic E-state index is 0.160. The van der Waals surface area contributed by atoms with E-state index in [9.17, 15) is 42.0 Å². The van der Waals surface area contributed by atoms with Crippen LogP contribution in [0.2, 0.25) is 0 Å². The molecule has 3 saturated heterocycles. The number of nitrogens with one attached hydrogen (secondary N) is 1. The molecule has 0 amide bonds. The first-order valence-corrected chi connectivity index (χ1v) is 17.5. The Morgan fingerprint density at radius 2 is 1.53 bits per heavy atom. The van der Waals surface area contributed by atoms with Crippen LogP contribution in [-0.4, -0.2) is 115 Å². The number of alkyl halides is 3. The number of aliphatic hydroxyl groups is 1. The van der Waals surface area contributed by atoms with Gasteiger partial charge in [-0.25, -0.2) is 29.1 Å². The van der Waals surface area contributed by atoms with Crippen LogP contribution in [0.25, 0.3) is 28.0 Å². The third-order valence-corrected chi connectivity index (χ3v) is 10.1. The number of aliphatic hydroxyl groups excluding tert-OH is 1. The fraction of sp³-hybridized carbons (Fsp3) is 0.478. The zero-order valence-corrected chi connectivity index (χ0v) is 26.8. The van der Waals surface area contributed by atoms with Crippen molar-refractivity contribution in [3.8, 4) is 0 Å². The van der Waals surface area contributed by atoms with Crippen LogP contribution in [0.4, 0.5) is 19.1 Å². The normalized spacial score (nSPS) is 35.2. The Bertz CT molecular complexity index is 2300. The van der Waals surface area contributed by atoms with E-state index in [4.69, 9.17) is 33.3 Å². The van der Waals surface area contributed by atoms with Gasteiger partial charge in [0.15, 0.2) is 40.4 Å². The van der Waals surface area contributed by atoms with Crippen LogP contribution in [0.1, 0.15) is 12.5 Å². The molecule has 0 saturated carbocycles. The SMILES string of the molecule is Nc1nc2c(ncn2[C@@H]2O[C@@H]3COP(=O)(O)OC4C(O)[C@H](n5cnc6c5ncn5ccnc65)O[C@@H]4COP(=O)(O)OC2C3OC(F)(F)F)c(=O)[nH]1. The summed E-state index contributed by atoms with van der Waals surface area (Å²) in [4.78, 5) is 56.6. The van der Waals surface area contributed by atoms with Gasteiger partial charge in [-0.05, 0) is 0 Å². The number of nitrogen functional groups attached to an aromatic ring is 1. The summed E-state index contributed by atoms with van der Waals surface area (Å²) in [5, 5.41) is 11.3. The van der Waals surface area contributed by atoms with Crippen molar-refractivity contribution in [1.82, 2.24) is 43.4 Å². The summed E-state index contributed by atoms with van der Waals surface area (Å²) in [5.41, 5.74) is 4.94. The maximum absolute atomic E-state index is 13.7. The summed E-state index contributed by atoms with van der Waals surface area (Å²) in [6.07, 6.45) is -14.0. The van der Waals surface area contributed by atoms with Gasteiger partial charge in [0.25, 0.3) is 5.56 Å². The monoisotopic (exact) mass is 766 g/mol. The van der Waals surface area contributed by atoms with E-state index in [2.05, 4.69) is 34.6 Å². The first kappa shape index (κ1) is 34.2. The molecule has 274 valence electrons. The highest BCUT2D eigenvalue weighted by Crippen LogP contribution is 2.54. The van der Waals surface area contributed by atoms with Crippen LogP contribution in [-0.2, 0) is 41.4 Å². The lowest BCUT2D eigenvalue weighted by atomic mass is 10.1. The molecule has 51 heavy (non-hydrogen) atoms. The molecule has 0 aromatic carbocycles. The molecular weight excluding hydrogens is 743 g/mol. The molecule has 6 N–H and O–H groups in total. The number of nitrogens with zero attached hydrogens (tertiary/aromatic N) is 8. The highest BCUT2D eigenvalue weighted by molar-refractivity contribution is 7.47. The lowest BCUT2D eigenvalue weighted by Gasteiger charge is -2.27. The van der Waals surface area contributed by atoms with Crippen molar-refractivity contribution < 1.29 is 69.5 Å². The molecule has 0 radical (unpaired) electrons. The molecule has 3 fully saturated rings. The van der Waals surface area contributed by atoms with Gasteiger partial charge < -0.3 is 30.1 Å². The van der Waals surface area contributed by atoms with Crippen molar-refractivity contribution >= 4 is 49.6 Å². The molecule has 8 rings (SSSR count). The standard InChI is InChI=1S/C23H23F3N10O13P2/c24-23(25,26)47-14-9-4-44-50(39,40)48-13-8(45-20(12(13)37)35-6-29-10-16-28-1-2-34(16)5-31-17(10)35)3-43-51(41,42)49-15(14)21(46-9)36-7-30-11-18(36)32-22(27)33-19(11)38/h1-2,5-9,12-15,20-21,37H,3-4H2,(H,39,40)(H,41,42)(H3,27,32,33,38)/t8-,9-,12?,13?,14?,15?,20-,21-/m1/s1. The van der Waals surface area contributed by atoms with Crippen LogP contribution in [0, 0.1) is 0 Å². The Balaban J connectivity index is 1.14. The molecule has 6 unspecified atom stereocenters. The van der Waals surface area contributed by atoms with Crippen molar-refractivity contribution in [3.05, 3.63) is 41.7 Å². The zero-order chi connectivity index (χ0) is 36.0. The van der Waals surface area contributed by atoms with Crippen LogP contribution in [0.15, 0.2) is 36.2 Å². The molecule has 3 aliphatic rings. The number of rotatable bonds is 3. The summed E-state index contributed by atoms with van der Waals surface area (Å²) in [7, 11) is -10.8. The fourth-order valence-electron chi connectivity index (χ4n) is 6.05. The first-order chi connectivity index (χ1) is 24.1. The topological polar surface area (TPSA) is 297 Å². The van der Waals surface area contributed by atoms with E-state index in [1.165, 1.54) is 23.4 Å². The van der Waals surface area contributed by atoms with E-state index in [0.29, 0.717) is 5.65 Å². The van der Waals surface area contributed by atoms with E-state index in [1.54, 1.807) is 10.6 Å². The minimum atomic E-state index is -5.47. The van der Waals surface area contributed by atoms with Crippen LogP contribution in [0.3, 0.4) is 0 Å². The van der Waals surface area contributed by atoms with Crippen molar-refractivity contribution in [2.75, 3.05) is 18.9 Å². The molecule has 23 nitrogen and oxygen atoms in total. The third-order valence-electron chi connectivity index (χ3n) is 8.13. The maximum atomic E-state index is 13.7. The Hall–Kier alpha value is -3.91. The second-order valence-corrected chi connectivity index (χ2v) is 14.1. The predicted octanol–water partition coefficient (Wildman–Crippen LogP) is -0.127. The molecule has 5 aromatic heterocycles. The quantitative estimate of drug-likeness (QED) is 0.149. The molecule has 5 aromatic rings. The molecule has 10 atom stereocenters. The first-order valence-electron chi connectivity index (χ1n) is 14.5. The molecule has 0 aliphatic carbocycles. The number of fused-ring (bicyclic) bond motifs is 7. The Labute approximate surface area is 278 Å². The number of hydrogen-bond acceptors (Lipinski definition) is 17. The number of hydrogen-bond donors (Lipinski definition) is 5. The number of H-pyrrole nitrogens is 1. The number of aromatic amines is 1. The van der Waals surface area contributed by atoms with Gasteiger partial charge in [0, 0.05) is 12.4 Å². The minimum Gasteiger partial charge on any atom is -0.386 e. The largest absolute Gasteiger partial charge is 0.522 e. The van der Waals surface area contributed by atoms with Crippen LogP contribution < -0.4 is 11.3 Å². The molecule has 0 spiro atoms.